The van der Waals surface area contributed by atoms with Crippen LogP contribution in [0.1, 0.15) is 24.2 Å². The van der Waals surface area contributed by atoms with Gasteiger partial charge in [-0.25, -0.2) is 4.98 Å². The molecule has 1 aliphatic rings. The molecule has 1 saturated carbocycles. The first-order valence-corrected chi connectivity index (χ1v) is 6.94. The Morgan fingerprint density at radius 3 is 2.94 bits per heavy atom. The molecule has 2 heterocycles. The van der Waals surface area contributed by atoms with E-state index < -0.39 is 0 Å². The van der Waals surface area contributed by atoms with Crippen LogP contribution in [0.3, 0.4) is 0 Å². The van der Waals surface area contributed by atoms with E-state index in [0.29, 0.717) is 6.04 Å². The zero-order valence-corrected chi connectivity index (χ0v) is 11.9. The monoisotopic (exact) mass is 306 g/mol. The molecule has 0 aromatic carbocycles. The number of anilines is 1. The highest BCUT2D eigenvalue weighted by molar-refractivity contribution is 9.10. The maximum atomic E-state index is 5.45. The molecule has 0 spiro atoms. The van der Waals surface area contributed by atoms with E-state index >= 15 is 0 Å². The van der Waals surface area contributed by atoms with Crippen LogP contribution in [-0.2, 0) is 6.54 Å². The highest BCUT2D eigenvalue weighted by Crippen LogP contribution is 2.34. The lowest BCUT2D eigenvalue weighted by Crippen LogP contribution is -2.26. The molecule has 1 aliphatic carbocycles. The number of furan rings is 1. The maximum Gasteiger partial charge on any atom is 0.132 e. The molecule has 4 heteroatoms. The molecule has 0 amide bonds. The van der Waals surface area contributed by atoms with E-state index in [1.165, 1.54) is 18.4 Å². The topological polar surface area (TPSA) is 29.3 Å². The van der Waals surface area contributed by atoms with E-state index in [-0.39, 0.29) is 0 Å². The van der Waals surface area contributed by atoms with Crippen molar-refractivity contribution in [2.45, 2.75) is 32.4 Å². The van der Waals surface area contributed by atoms with Gasteiger partial charge in [-0.15, -0.1) is 0 Å². The van der Waals surface area contributed by atoms with Crippen molar-refractivity contribution in [2.24, 2.45) is 0 Å². The summed E-state index contributed by atoms with van der Waals surface area (Å²) in [5.41, 5.74) is 1.20. The number of halogens is 1. The highest BCUT2D eigenvalue weighted by Gasteiger charge is 2.31. The standard InChI is InChI=1S/C14H15BrN2O/c1-10-7-11(15)8-16-14(10)17(12-4-5-12)9-13-3-2-6-18-13/h2-3,6-8,12H,4-5,9H2,1H3. The summed E-state index contributed by atoms with van der Waals surface area (Å²) in [5.74, 6) is 2.06. The molecular weight excluding hydrogens is 292 g/mol. The Morgan fingerprint density at radius 2 is 2.33 bits per heavy atom. The summed E-state index contributed by atoms with van der Waals surface area (Å²) in [6.07, 6.45) is 6.08. The molecule has 1 fully saturated rings. The summed E-state index contributed by atoms with van der Waals surface area (Å²) in [6.45, 7) is 2.90. The van der Waals surface area contributed by atoms with Crippen LogP contribution < -0.4 is 4.90 Å². The number of pyridine rings is 1. The van der Waals surface area contributed by atoms with Crippen LogP contribution in [-0.4, -0.2) is 11.0 Å². The number of nitrogens with zero attached hydrogens (tertiary/aromatic N) is 2. The molecule has 0 aliphatic heterocycles. The Balaban J connectivity index is 1.89. The summed E-state index contributed by atoms with van der Waals surface area (Å²) in [5, 5.41) is 0. The van der Waals surface area contributed by atoms with E-state index in [4.69, 9.17) is 4.42 Å². The molecule has 0 bridgehead atoms. The van der Waals surface area contributed by atoms with Crippen LogP contribution in [0.25, 0.3) is 0 Å². The van der Waals surface area contributed by atoms with Gasteiger partial charge in [0.1, 0.15) is 11.6 Å². The van der Waals surface area contributed by atoms with Crippen LogP contribution in [0.15, 0.2) is 39.5 Å². The number of hydrogen-bond donors (Lipinski definition) is 0. The molecule has 0 unspecified atom stereocenters. The van der Waals surface area contributed by atoms with Gasteiger partial charge in [-0.1, -0.05) is 0 Å². The first-order chi connectivity index (χ1) is 8.74. The molecule has 3 rings (SSSR count). The SMILES string of the molecule is Cc1cc(Br)cnc1N(Cc1ccco1)C1CC1. The minimum Gasteiger partial charge on any atom is -0.467 e. The molecule has 0 N–H and O–H groups in total. The quantitative estimate of drug-likeness (QED) is 0.857. The number of aromatic nitrogens is 1. The lowest BCUT2D eigenvalue weighted by molar-refractivity contribution is 0.500. The van der Waals surface area contributed by atoms with Gasteiger partial charge in [-0.2, -0.15) is 0 Å². The van der Waals surface area contributed by atoms with Crippen LogP contribution >= 0.6 is 15.9 Å². The van der Waals surface area contributed by atoms with Gasteiger partial charge < -0.3 is 9.32 Å². The van der Waals surface area contributed by atoms with Crippen molar-refractivity contribution >= 4 is 21.7 Å². The molecule has 0 radical (unpaired) electrons. The molecule has 0 saturated heterocycles. The lowest BCUT2D eigenvalue weighted by atomic mass is 10.2. The third kappa shape index (κ3) is 2.43. The number of aryl methyl sites for hydroxylation is 1. The first-order valence-electron chi connectivity index (χ1n) is 6.15. The van der Waals surface area contributed by atoms with Gasteiger partial charge in [0.2, 0.25) is 0 Å². The van der Waals surface area contributed by atoms with E-state index in [1.807, 2.05) is 18.3 Å². The minimum absolute atomic E-state index is 0.613. The average molecular weight is 307 g/mol. The fourth-order valence-corrected chi connectivity index (χ4v) is 2.61. The van der Waals surface area contributed by atoms with E-state index in [0.717, 1.165) is 22.6 Å². The zero-order valence-electron chi connectivity index (χ0n) is 10.3. The van der Waals surface area contributed by atoms with Gasteiger partial charge in [0.05, 0.1) is 12.8 Å². The second-order valence-corrected chi connectivity index (χ2v) is 5.65. The minimum atomic E-state index is 0.613. The van der Waals surface area contributed by atoms with Crippen LogP contribution in [0.2, 0.25) is 0 Å². The van der Waals surface area contributed by atoms with Gasteiger partial charge in [0.15, 0.2) is 0 Å². The molecule has 18 heavy (non-hydrogen) atoms. The largest absolute Gasteiger partial charge is 0.467 e. The lowest BCUT2D eigenvalue weighted by Gasteiger charge is -2.24. The van der Waals surface area contributed by atoms with E-state index in [9.17, 15) is 0 Å². The second-order valence-electron chi connectivity index (χ2n) is 4.73. The van der Waals surface area contributed by atoms with Crippen LogP contribution in [0.5, 0.6) is 0 Å². The Kier molecular flexibility index (Phi) is 3.12. The van der Waals surface area contributed by atoms with Gasteiger partial charge >= 0.3 is 0 Å². The van der Waals surface area contributed by atoms with Crippen molar-refractivity contribution in [2.75, 3.05) is 4.90 Å². The van der Waals surface area contributed by atoms with Gasteiger partial charge in [-0.05, 0) is 59.5 Å². The predicted octanol–water partition coefficient (Wildman–Crippen LogP) is 3.91. The highest BCUT2D eigenvalue weighted by atomic mass is 79.9. The van der Waals surface area contributed by atoms with Crippen molar-refractivity contribution in [3.05, 3.63) is 46.5 Å². The third-order valence-electron chi connectivity index (χ3n) is 3.18. The van der Waals surface area contributed by atoms with E-state index in [2.05, 4.69) is 38.8 Å². The van der Waals surface area contributed by atoms with Crippen molar-refractivity contribution in [3.63, 3.8) is 0 Å². The van der Waals surface area contributed by atoms with Crippen LogP contribution in [0.4, 0.5) is 5.82 Å². The van der Waals surface area contributed by atoms with Crippen molar-refractivity contribution < 1.29 is 4.42 Å². The Bertz CT molecular complexity index is 535. The molecule has 94 valence electrons. The Hall–Kier alpha value is -1.29. The van der Waals surface area contributed by atoms with Crippen molar-refractivity contribution in [1.29, 1.82) is 0 Å². The number of rotatable bonds is 4. The number of hydrogen-bond acceptors (Lipinski definition) is 3. The summed E-state index contributed by atoms with van der Waals surface area (Å²) in [4.78, 5) is 6.91. The normalized spacial score (nSPS) is 14.8. The van der Waals surface area contributed by atoms with Crippen LogP contribution in [0, 0.1) is 6.92 Å². The summed E-state index contributed by atoms with van der Waals surface area (Å²) >= 11 is 3.46. The fraction of sp³-hybridized carbons (Fsp3) is 0.357. The van der Waals surface area contributed by atoms with Gasteiger partial charge in [-0.3, -0.25) is 0 Å². The van der Waals surface area contributed by atoms with Gasteiger partial charge in [0, 0.05) is 16.7 Å². The van der Waals surface area contributed by atoms with E-state index in [1.54, 1.807) is 6.26 Å². The third-order valence-corrected chi connectivity index (χ3v) is 3.62. The Labute approximate surface area is 115 Å². The zero-order chi connectivity index (χ0) is 12.5. The summed E-state index contributed by atoms with van der Waals surface area (Å²) in [7, 11) is 0. The second kappa shape index (κ2) is 4.76. The molecule has 3 nitrogen and oxygen atoms in total. The predicted molar refractivity (Wildman–Crippen MR) is 74.6 cm³/mol. The van der Waals surface area contributed by atoms with Crippen molar-refractivity contribution in [3.8, 4) is 0 Å². The first kappa shape index (κ1) is 11.8. The molecular formula is C14H15BrN2O. The fourth-order valence-electron chi connectivity index (χ4n) is 2.17. The molecule has 2 aromatic heterocycles. The summed E-state index contributed by atoms with van der Waals surface area (Å²) in [6, 6.07) is 6.67. The Morgan fingerprint density at radius 1 is 1.50 bits per heavy atom. The smallest absolute Gasteiger partial charge is 0.132 e. The molecule has 0 atom stereocenters. The average Bonchev–Trinajstić information content (AvgIpc) is 3.05. The van der Waals surface area contributed by atoms with Crippen molar-refractivity contribution in [1.82, 2.24) is 4.98 Å². The summed E-state index contributed by atoms with van der Waals surface area (Å²) < 4.78 is 6.47. The maximum absolute atomic E-state index is 5.45. The van der Waals surface area contributed by atoms with Gasteiger partial charge in [0.25, 0.3) is 0 Å². The molecule has 2 aromatic rings.